The normalized spacial score (nSPS) is 11.0. The summed E-state index contributed by atoms with van der Waals surface area (Å²) in [5, 5.41) is 10.5. The van der Waals surface area contributed by atoms with E-state index in [-0.39, 0.29) is 0 Å². The van der Waals surface area contributed by atoms with Crippen LogP contribution < -0.4 is 5.32 Å². The molecule has 0 unspecified atom stereocenters. The average Bonchev–Trinajstić information content (AvgIpc) is 3.10. The zero-order chi connectivity index (χ0) is 14.7. The van der Waals surface area contributed by atoms with Gasteiger partial charge in [-0.3, -0.25) is 10.1 Å². The van der Waals surface area contributed by atoms with Crippen molar-refractivity contribution in [3.63, 3.8) is 0 Å². The number of nitrogens with one attached hydrogen (secondary N) is 2. The van der Waals surface area contributed by atoms with Gasteiger partial charge in [0.05, 0.1) is 6.20 Å². The van der Waals surface area contributed by atoms with Crippen LogP contribution in [-0.4, -0.2) is 15.2 Å². The van der Waals surface area contributed by atoms with Crippen LogP contribution >= 0.6 is 0 Å². The Balaban J connectivity index is 1.64. The zero-order valence-electron chi connectivity index (χ0n) is 12.2. The fraction of sp³-hybridized carbons (Fsp3) is 0.250. The lowest BCUT2D eigenvalue weighted by atomic mass is 10.2. The molecule has 0 bridgehead atoms. The number of H-pyrrole nitrogens is 1. The maximum absolute atomic E-state index is 5.64. The van der Waals surface area contributed by atoms with Crippen LogP contribution in [0.25, 0.3) is 11.5 Å². The molecule has 0 radical (unpaired) electrons. The SMILES string of the molecule is Cc1ccc(CNCc2cn[nH]c2-c2ccc(C)o2)cn1. The van der Waals surface area contributed by atoms with E-state index in [0.29, 0.717) is 0 Å². The van der Waals surface area contributed by atoms with E-state index in [1.807, 2.05) is 44.4 Å². The van der Waals surface area contributed by atoms with Crippen molar-refractivity contribution in [3.05, 3.63) is 59.2 Å². The van der Waals surface area contributed by atoms with Gasteiger partial charge in [-0.2, -0.15) is 5.10 Å². The summed E-state index contributed by atoms with van der Waals surface area (Å²) < 4.78 is 5.64. The lowest BCUT2D eigenvalue weighted by molar-refractivity contribution is 0.545. The van der Waals surface area contributed by atoms with E-state index < -0.39 is 0 Å². The molecule has 0 saturated heterocycles. The number of nitrogens with zero attached hydrogens (tertiary/aromatic N) is 2. The summed E-state index contributed by atoms with van der Waals surface area (Å²) in [7, 11) is 0. The molecule has 5 nitrogen and oxygen atoms in total. The first-order valence-electron chi connectivity index (χ1n) is 6.93. The predicted octanol–water partition coefficient (Wildman–Crippen LogP) is 2.97. The Bertz CT molecular complexity index is 712. The van der Waals surface area contributed by atoms with Crippen molar-refractivity contribution in [3.8, 4) is 11.5 Å². The highest BCUT2D eigenvalue weighted by Gasteiger charge is 2.10. The van der Waals surface area contributed by atoms with Gasteiger partial charge in [0.15, 0.2) is 5.76 Å². The highest BCUT2D eigenvalue weighted by atomic mass is 16.3. The Kier molecular flexibility index (Phi) is 3.83. The van der Waals surface area contributed by atoms with E-state index in [1.54, 1.807) is 0 Å². The first kappa shape index (κ1) is 13.6. The van der Waals surface area contributed by atoms with Crippen LogP contribution in [0, 0.1) is 13.8 Å². The van der Waals surface area contributed by atoms with Gasteiger partial charge >= 0.3 is 0 Å². The summed E-state index contributed by atoms with van der Waals surface area (Å²) in [6.07, 6.45) is 3.72. The molecule has 0 atom stereocenters. The largest absolute Gasteiger partial charge is 0.460 e. The minimum Gasteiger partial charge on any atom is -0.460 e. The fourth-order valence-corrected chi connectivity index (χ4v) is 2.17. The van der Waals surface area contributed by atoms with Crippen molar-refractivity contribution in [1.82, 2.24) is 20.5 Å². The van der Waals surface area contributed by atoms with Crippen molar-refractivity contribution in [2.45, 2.75) is 26.9 Å². The van der Waals surface area contributed by atoms with Gasteiger partial charge in [-0.05, 0) is 37.6 Å². The van der Waals surface area contributed by atoms with Crippen LogP contribution in [0.5, 0.6) is 0 Å². The van der Waals surface area contributed by atoms with E-state index >= 15 is 0 Å². The summed E-state index contributed by atoms with van der Waals surface area (Å²) in [5.41, 5.74) is 4.21. The van der Waals surface area contributed by atoms with Crippen molar-refractivity contribution in [2.24, 2.45) is 0 Å². The Morgan fingerprint density at radius 3 is 2.71 bits per heavy atom. The number of aryl methyl sites for hydroxylation is 2. The Hall–Kier alpha value is -2.40. The van der Waals surface area contributed by atoms with Crippen LogP contribution in [0.1, 0.15) is 22.6 Å². The molecule has 3 aromatic rings. The van der Waals surface area contributed by atoms with Crippen LogP contribution in [0.15, 0.2) is 41.1 Å². The average molecular weight is 282 g/mol. The number of furan rings is 1. The number of aromatic nitrogens is 3. The highest BCUT2D eigenvalue weighted by Crippen LogP contribution is 2.23. The van der Waals surface area contributed by atoms with Gasteiger partial charge in [-0.25, -0.2) is 0 Å². The smallest absolute Gasteiger partial charge is 0.152 e. The molecular formula is C16H18N4O. The third-order valence-corrected chi connectivity index (χ3v) is 3.32. The molecule has 0 saturated carbocycles. The number of hydrogen-bond acceptors (Lipinski definition) is 4. The number of aromatic amines is 1. The standard InChI is InChI=1S/C16H18N4O/c1-11-3-5-13(8-18-11)7-17-9-14-10-19-20-16(14)15-6-4-12(2)21-15/h3-6,8,10,17H,7,9H2,1-2H3,(H,19,20). The molecule has 3 aromatic heterocycles. The molecule has 3 rings (SSSR count). The second-order valence-corrected chi connectivity index (χ2v) is 5.09. The first-order valence-corrected chi connectivity index (χ1v) is 6.93. The molecular weight excluding hydrogens is 264 g/mol. The number of pyridine rings is 1. The van der Waals surface area contributed by atoms with Crippen molar-refractivity contribution >= 4 is 0 Å². The Morgan fingerprint density at radius 1 is 1.10 bits per heavy atom. The third-order valence-electron chi connectivity index (χ3n) is 3.32. The monoisotopic (exact) mass is 282 g/mol. The lowest BCUT2D eigenvalue weighted by Crippen LogP contribution is -2.13. The van der Waals surface area contributed by atoms with E-state index in [2.05, 4.69) is 26.6 Å². The van der Waals surface area contributed by atoms with Crippen molar-refractivity contribution in [2.75, 3.05) is 0 Å². The molecule has 5 heteroatoms. The Labute approximate surface area is 123 Å². The molecule has 0 aliphatic heterocycles. The van der Waals surface area contributed by atoms with Crippen molar-refractivity contribution < 1.29 is 4.42 Å². The van der Waals surface area contributed by atoms with Crippen LogP contribution in [-0.2, 0) is 13.1 Å². The summed E-state index contributed by atoms with van der Waals surface area (Å²) in [5.74, 6) is 1.71. The lowest BCUT2D eigenvalue weighted by Gasteiger charge is -2.05. The van der Waals surface area contributed by atoms with Gasteiger partial charge in [0.1, 0.15) is 11.5 Å². The fourth-order valence-electron chi connectivity index (χ4n) is 2.17. The topological polar surface area (TPSA) is 66.7 Å². The predicted molar refractivity (Wildman–Crippen MR) is 80.5 cm³/mol. The maximum Gasteiger partial charge on any atom is 0.152 e. The van der Waals surface area contributed by atoms with Gasteiger partial charge in [0, 0.05) is 30.5 Å². The highest BCUT2D eigenvalue weighted by molar-refractivity contribution is 5.56. The molecule has 0 amide bonds. The molecule has 0 spiro atoms. The van der Waals surface area contributed by atoms with E-state index in [0.717, 1.165) is 41.6 Å². The summed E-state index contributed by atoms with van der Waals surface area (Å²) in [6, 6.07) is 8.01. The zero-order valence-corrected chi connectivity index (χ0v) is 12.2. The summed E-state index contributed by atoms with van der Waals surface area (Å²) in [4.78, 5) is 4.29. The molecule has 2 N–H and O–H groups in total. The van der Waals surface area contributed by atoms with Gasteiger partial charge < -0.3 is 9.73 Å². The maximum atomic E-state index is 5.64. The molecule has 0 aliphatic rings. The van der Waals surface area contributed by atoms with Gasteiger partial charge in [0.25, 0.3) is 0 Å². The van der Waals surface area contributed by atoms with E-state index in [9.17, 15) is 0 Å². The van der Waals surface area contributed by atoms with Gasteiger partial charge in [0.2, 0.25) is 0 Å². The van der Waals surface area contributed by atoms with Crippen LogP contribution in [0.2, 0.25) is 0 Å². The first-order chi connectivity index (χ1) is 10.2. The number of rotatable bonds is 5. The second kappa shape index (κ2) is 5.93. The van der Waals surface area contributed by atoms with E-state index in [4.69, 9.17) is 4.42 Å². The Morgan fingerprint density at radius 2 is 2.00 bits per heavy atom. The molecule has 0 aromatic carbocycles. The number of hydrogen-bond donors (Lipinski definition) is 2. The van der Waals surface area contributed by atoms with Gasteiger partial charge in [-0.15, -0.1) is 0 Å². The third kappa shape index (κ3) is 3.20. The molecule has 0 fully saturated rings. The minimum atomic E-state index is 0.722. The molecule has 21 heavy (non-hydrogen) atoms. The van der Waals surface area contributed by atoms with Gasteiger partial charge in [-0.1, -0.05) is 6.07 Å². The van der Waals surface area contributed by atoms with Crippen LogP contribution in [0.4, 0.5) is 0 Å². The molecule has 0 aliphatic carbocycles. The van der Waals surface area contributed by atoms with Crippen molar-refractivity contribution in [1.29, 1.82) is 0 Å². The second-order valence-electron chi connectivity index (χ2n) is 5.09. The molecule has 3 heterocycles. The quantitative estimate of drug-likeness (QED) is 0.755. The van der Waals surface area contributed by atoms with E-state index in [1.165, 1.54) is 5.56 Å². The minimum absolute atomic E-state index is 0.722. The van der Waals surface area contributed by atoms with Crippen LogP contribution in [0.3, 0.4) is 0 Å². The molecule has 108 valence electrons. The summed E-state index contributed by atoms with van der Waals surface area (Å²) >= 11 is 0. The summed E-state index contributed by atoms with van der Waals surface area (Å²) in [6.45, 7) is 5.41.